The lowest BCUT2D eigenvalue weighted by atomic mass is 10.1. The van der Waals surface area contributed by atoms with Crippen LogP contribution in [0.3, 0.4) is 0 Å². The van der Waals surface area contributed by atoms with Crippen molar-refractivity contribution < 1.29 is 9.59 Å². The van der Waals surface area contributed by atoms with Gasteiger partial charge in [0.05, 0.1) is 23.3 Å². The highest BCUT2D eigenvalue weighted by Gasteiger charge is 2.41. The van der Waals surface area contributed by atoms with Gasteiger partial charge in [0.1, 0.15) is 0 Å². The second-order valence-corrected chi connectivity index (χ2v) is 7.00. The highest BCUT2D eigenvalue weighted by Crippen LogP contribution is 2.26. The number of amides is 2. The molecular formula is C19H23N5O2. The van der Waals surface area contributed by atoms with Crippen molar-refractivity contribution in [2.45, 2.75) is 19.0 Å². The van der Waals surface area contributed by atoms with Gasteiger partial charge in [0.25, 0.3) is 0 Å². The van der Waals surface area contributed by atoms with Crippen molar-refractivity contribution in [1.29, 1.82) is 0 Å². The fourth-order valence-corrected chi connectivity index (χ4v) is 3.73. The minimum absolute atomic E-state index is 0.0384. The number of nitrogens with zero attached hydrogens (tertiary/aromatic N) is 4. The molecule has 3 heterocycles. The Morgan fingerprint density at radius 2 is 1.96 bits per heavy atom. The fourth-order valence-electron chi connectivity index (χ4n) is 3.73. The summed E-state index contributed by atoms with van der Waals surface area (Å²) in [6.07, 6.45) is 2.30. The highest BCUT2D eigenvalue weighted by molar-refractivity contribution is 5.89. The SMILES string of the molecule is CNC(=O)C1CC(=O)N(C2CN(Cc3ccn(-c4ccccc4)n3)C2)C1. The van der Waals surface area contributed by atoms with E-state index in [2.05, 4.69) is 15.3 Å². The molecule has 136 valence electrons. The molecule has 0 spiro atoms. The zero-order valence-corrected chi connectivity index (χ0v) is 14.8. The van der Waals surface area contributed by atoms with Gasteiger partial charge in [-0.3, -0.25) is 14.5 Å². The molecule has 7 nitrogen and oxygen atoms in total. The topological polar surface area (TPSA) is 70.5 Å². The van der Waals surface area contributed by atoms with Gasteiger partial charge in [-0.25, -0.2) is 4.68 Å². The summed E-state index contributed by atoms with van der Waals surface area (Å²) < 4.78 is 1.88. The Bertz CT molecular complexity index is 797. The molecule has 1 N–H and O–H groups in total. The number of rotatable bonds is 5. The van der Waals surface area contributed by atoms with Crippen molar-refractivity contribution in [2.75, 3.05) is 26.7 Å². The van der Waals surface area contributed by atoms with E-state index in [1.54, 1.807) is 7.05 Å². The summed E-state index contributed by atoms with van der Waals surface area (Å²) in [5.41, 5.74) is 2.06. The summed E-state index contributed by atoms with van der Waals surface area (Å²) >= 11 is 0. The number of carbonyl (C=O) groups is 2. The van der Waals surface area contributed by atoms with Crippen LogP contribution in [0.4, 0.5) is 0 Å². The van der Waals surface area contributed by atoms with Crippen LogP contribution in [0.1, 0.15) is 12.1 Å². The monoisotopic (exact) mass is 353 g/mol. The number of para-hydroxylation sites is 1. The van der Waals surface area contributed by atoms with Gasteiger partial charge in [0.2, 0.25) is 11.8 Å². The average Bonchev–Trinajstić information content (AvgIpc) is 3.25. The molecule has 1 atom stereocenters. The molecular weight excluding hydrogens is 330 g/mol. The van der Waals surface area contributed by atoms with Crippen molar-refractivity contribution in [3.63, 3.8) is 0 Å². The molecule has 1 aromatic heterocycles. The van der Waals surface area contributed by atoms with Crippen molar-refractivity contribution in [3.8, 4) is 5.69 Å². The summed E-state index contributed by atoms with van der Waals surface area (Å²) in [5, 5.41) is 7.27. The molecule has 2 saturated heterocycles. The van der Waals surface area contributed by atoms with E-state index in [0.717, 1.165) is 31.0 Å². The standard InChI is InChI=1S/C19H23N5O2/c1-20-19(26)14-9-18(25)23(10-14)17-12-22(13-17)11-15-7-8-24(21-15)16-5-3-2-4-6-16/h2-8,14,17H,9-13H2,1H3,(H,20,26). The van der Waals surface area contributed by atoms with E-state index in [-0.39, 0.29) is 23.8 Å². The maximum absolute atomic E-state index is 12.2. The molecule has 1 unspecified atom stereocenters. The third-order valence-electron chi connectivity index (χ3n) is 5.20. The van der Waals surface area contributed by atoms with E-state index in [1.165, 1.54) is 0 Å². The fraction of sp³-hybridized carbons (Fsp3) is 0.421. The number of likely N-dealkylation sites (tertiary alicyclic amines) is 2. The van der Waals surface area contributed by atoms with Crippen LogP contribution in [0.25, 0.3) is 5.69 Å². The molecule has 26 heavy (non-hydrogen) atoms. The van der Waals surface area contributed by atoms with E-state index < -0.39 is 0 Å². The van der Waals surface area contributed by atoms with Crippen molar-refractivity contribution in [1.82, 2.24) is 24.9 Å². The first-order valence-electron chi connectivity index (χ1n) is 8.97. The third-order valence-corrected chi connectivity index (χ3v) is 5.20. The largest absolute Gasteiger partial charge is 0.359 e. The van der Waals surface area contributed by atoms with Gasteiger partial charge in [-0.1, -0.05) is 18.2 Å². The lowest BCUT2D eigenvalue weighted by molar-refractivity contribution is -0.133. The Kier molecular flexibility index (Phi) is 4.46. The smallest absolute Gasteiger partial charge is 0.225 e. The normalized spacial score (nSPS) is 21.0. The minimum atomic E-state index is -0.205. The van der Waals surface area contributed by atoms with E-state index in [9.17, 15) is 9.59 Å². The molecule has 2 aliphatic heterocycles. The number of carbonyl (C=O) groups excluding carboxylic acids is 2. The van der Waals surface area contributed by atoms with Crippen LogP contribution < -0.4 is 5.32 Å². The maximum Gasteiger partial charge on any atom is 0.225 e. The molecule has 7 heteroatoms. The zero-order valence-electron chi connectivity index (χ0n) is 14.8. The van der Waals surface area contributed by atoms with E-state index >= 15 is 0 Å². The minimum Gasteiger partial charge on any atom is -0.359 e. The Morgan fingerprint density at radius 3 is 2.69 bits per heavy atom. The predicted molar refractivity (Wildman–Crippen MR) is 96.5 cm³/mol. The summed E-state index contributed by atoms with van der Waals surface area (Å²) in [6.45, 7) is 2.99. The molecule has 2 aliphatic rings. The quantitative estimate of drug-likeness (QED) is 0.857. The number of nitrogens with one attached hydrogen (secondary N) is 1. The molecule has 0 aliphatic carbocycles. The van der Waals surface area contributed by atoms with Crippen molar-refractivity contribution in [2.24, 2.45) is 5.92 Å². The molecule has 0 saturated carbocycles. The molecule has 2 aromatic rings. The molecule has 2 fully saturated rings. The average molecular weight is 353 g/mol. The number of aromatic nitrogens is 2. The van der Waals surface area contributed by atoms with Gasteiger partial charge < -0.3 is 10.2 Å². The van der Waals surface area contributed by atoms with Crippen LogP contribution >= 0.6 is 0 Å². The second kappa shape index (κ2) is 6.92. The van der Waals surface area contributed by atoms with Crippen LogP contribution in [0.15, 0.2) is 42.6 Å². The van der Waals surface area contributed by atoms with Crippen LogP contribution in [0.2, 0.25) is 0 Å². The Morgan fingerprint density at radius 1 is 1.19 bits per heavy atom. The van der Waals surface area contributed by atoms with Crippen LogP contribution in [-0.4, -0.2) is 64.1 Å². The zero-order chi connectivity index (χ0) is 18.1. The molecule has 2 amide bonds. The summed E-state index contributed by atoms with van der Waals surface area (Å²) in [6, 6.07) is 12.3. The number of hydrogen-bond acceptors (Lipinski definition) is 4. The van der Waals surface area contributed by atoms with E-state index in [0.29, 0.717) is 13.0 Å². The number of benzene rings is 1. The van der Waals surface area contributed by atoms with Gasteiger partial charge in [-0.05, 0) is 18.2 Å². The summed E-state index contributed by atoms with van der Waals surface area (Å²) in [4.78, 5) is 28.1. The molecule has 0 radical (unpaired) electrons. The van der Waals surface area contributed by atoms with E-state index in [1.807, 2.05) is 52.2 Å². The van der Waals surface area contributed by atoms with Crippen molar-refractivity contribution >= 4 is 11.8 Å². The summed E-state index contributed by atoms with van der Waals surface area (Å²) in [7, 11) is 1.62. The Hall–Kier alpha value is -2.67. The number of hydrogen-bond donors (Lipinski definition) is 1. The lowest BCUT2D eigenvalue weighted by Gasteiger charge is -2.43. The van der Waals surface area contributed by atoms with Crippen LogP contribution in [-0.2, 0) is 16.1 Å². The van der Waals surface area contributed by atoms with Gasteiger partial charge in [-0.15, -0.1) is 0 Å². The van der Waals surface area contributed by atoms with E-state index in [4.69, 9.17) is 0 Å². The first kappa shape index (κ1) is 16.8. The first-order chi connectivity index (χ1) is 12.6. The lowest BCUT2D eigenvalue weighted by Crippen LogP contribution is -2.59. The van der Waals surface area contributed by atoms with Crippen LogP contribution in [0, 0.1) is 5.92 Å². The molecule has 1 aromatic carbocycles. The maximum atomic E-state index is 12.2. The third kappa shape index (κ3) is 3.22. The Balaban J connectivity index is 1.30. The summed E-state index contributed by atoms with van der Waals surface area (Å²) in [5.74, 6) is -0.150. The van der Waals surface area contributed by atoms with Crippen LogP contribution in [0.5, 0.6) is 0 Å². The second-order valence-electron chi connectivity index (χ2n) is 7.00. The van der Waals surface area contributed by atoms with Crippen molar-refractivity contribution in [3.05, 3.63) is 48.3 Å². The molecule has 4 rings (SSSR count). The van der Waals surface area contributed by atoms with Gasteiger partial charge >= 0.3 is 0 Å². The Labute approximate surface area is 152 Å². The van der Waals surface area contributed by atoms with Gasteiger partial charge in [0, 0.05) is 45.8 Å². The molecule has 0 bridgehead atoms. The first-order valence-corrected chi connectivity index (χ1v) is 8.97. The predicted octanol–water partition coefficient (Wildman–Crippen LogP) is 0.651. The van der Waals surface area contributed by atoms with Gasteiger partial charge in [-0.2, -0.15) is 5.10 Å². The highest BCUT2D eigenvalue weighted by atomic mass is 16.2. The van der Waals surface area contributed by atoms with Gasteiger partial charge in [0.15, 0.2) is 0 Å².